The van der Waals surface area contributed by atoms with Crippen molar-refractivity contribution in [1.82, 2.24) is 4.90 Å². The van der Waals surface area contributed by atoms with Crippen molar-refractivity contribution in [3.63, 3.8) is 0 Å². The minimum atomic E-state index is 0. The highest BCUT2D eigenvalue weighted by atomic mass is 28.1. The number of benzene rings is 2. The highest BCUT2D eigenvalue weighted by Gasteiger charge is 2.31. The van der Waals surface area contributed by atoms with Crippen LogP contribution in [0.2, 0.25) is 0 Å². The normalized spacial score (nSPS) is 20.6. The second kappa shape index (κ2) is 5.66. The van der Waals surface area contributed by atoms with Crippen LogP contribution in [0.1, 0.15) is 22.7 Å². The molecule has 1 atom stereocenters. The van der Waals surface area contributed by atoms with Crippen LogP contribution in [-0.2, 0) is 6.42 Å². The molecule has 0 bridgehead atoms. The Morgan fingerprint density at radius 2 is 1.62 bits per heavy atom. The maximum atomic E-state index is 2.61. The van der Waals surface area contributed by atoms with Crippen LogP contribution in [-0.4, -0.2) is 42.5 Å². The first-order chi connectivity index (χ1) is 9.83. The number of anilines is 1. The highest BCUT2D eigenvalue weighted by Crippen LogP contribution is 2.38. The third-order valence-corrected chi connectivity index (χ3v) is 4.68. The molecule has 4 radical (unpaired) electrons. The molecular weight excluding hydrogens is 272 g/mol. The summed E-state index contributed by atoms with van der Waals surface area (Å²) in [5, 5.41) is 0. The van der Waals surface area contributed by atoms with Crippen molar-refractivity contribution < 1.29 is 0 Å². The molecule has 106 valence electrons. The van der Waals surface area contributed by atoms with Gasteiger partial charge in [-0.05, 0) is 36.2 Å². The number of piperazine rings is 1. The predicted octanol–water partition coefficient (Wildman–Crippen LogP) is 2.70. The summed E-state index contributed by atoms with van der Waals surface area (Å²) in [7, 11) is 2.23. The second-order valence-corrected chi connectivity index (χ2v) is 5.98. The molecular formula is C18H20N2Si. The topological polar surface area (TPSA) is 6.48 Å². The summed E-state index contributed by atoms with van der Waals surface area (Å²) < 4.78 is 0. The van der Waals surface area contributed by atoms with E-state index in [9.17, 15) is 0 Å². The zero-order chi connectivity index (χ0) is 13.5. The van der Waals surface area contributed by atoms with Crippen molar-refractivity contribution in [1.29, 1.82) is 0 Å². The van der Waals surface area contributed by atoms with E-state index in [1.54, 1.807) is 0 Å². The van der Waals surface area contributed by atoms with Gasteiger partial charge in [0.2, 0.25) is 0 Å². The molecule has 1 fully saturated rings. The number of likely N-dealkylation sites (N-methyl/N-ethyl adjacent to an activating group) is 1. The minimum absolute atomic E-state index is 0. The molecule has 0 aliphatic carbocycles. The lowest BCUT2D eigenvalue weighted by Gasteiger charge is -2.41. The van der Waals surface area contributed by atoms with Gasteiger partial charge in [0.25, 0.3) is 0 Å². The van der Waals surface area contributed by atoms with E-state index in [1.807, 2.05) is 0 Å². The number of fused-ring (bicyclic) bond motifs is 5. The van der Waals surface area contributed by atoms with E-state index in [0.29, 0.717) is 6.04 Å². The molecule has 2 aliphatic rings. The zero-order valence-corrected chi connectivity index (χ0v) is 13.4. The smallest absolute Gasteiger partial charge is 0.0672 e. The highest BCUT2D eigenvalue weighted by molar-refractivity contribution is 5.75. The molecule has 0 amide bonds. The lowest BCUT2D eigenvalue weighted by Crippen LogP contribution is -2.46. The van der Waals surface area contributed by atoms with Crippen molar-refractivity contribution in [2.45, 2.75) is 12.5 Å². The number of hydrogen-bond acceptors (Lipinski definition) is 2. The van der Waals surface area contributed by atoms with E-state index < -0.39 is 0 Å². The summed E-state index contributed by atoms with van der Waals surface area (Å²) in [6, 6.07) is 18.4. The van der Waals surface area contributed by atoms with Gasteiger partial charge in [0.1, 0.15) is 0 Å². The maximum Gasteiger partial charge on any atom is 0.0672 e. The standard InChI is InChI=1S/C18H20N2.Si/c1-19-10-11-20-17-9-5-3-7-15(17)12-14-6-2-4-8-16(14)18(20)13-19;/h2-9,18H,10-13H2,1H3;. The number of nitrogens with zero attached hydrogens (tertiary/aromatic N) is 2. The van der Waals surface area contributed by atoms with Crippen LogP contribution in [0.5, 0.6) is 0 Å². The molecule has 1 saturated heterocycles. The summed E-state index contributed by atoms with van der Waals surface area (Å²) in [4.78, 5) is 5.06. The Balaban J connectivity index is 0.00000132. The molecule has 0 spiro atoms. The van der Waals surface area contributed by atoms with Crippen LogP contribution in [0.25, 0.3) is 0 Å². The van der Waals surface area contributed by atoms with Crippen molar-refractivity contribution in [2.75, 3.05) is 31.6 Å². The van der Waals surface area contributed by atoms with Gasteiger partial charge in [0.15, 0.2) is 0 Å². The Labute approximate surface area is 131 Å². The molecule has 2 aliphatic heterocycles. The molecule has 2 nitrogen and oxygen atoms in total. The number of hydrogen-bond donors (Lipinski definition) is 0. The number of para-hydroxylation sites is 1. The quantitative estimate of drug-likeness (QED) is 0.689. The maximum absolute atomic E-state index is 2.61. The van der Waals surface area contributed by atoms with E-state index in [0.717, 1.165) is 26.1 Å². The fourth-order valence-corrected chi connectivity index (χ4v) is 3.64. The fourth-order valence-electron chi connectivity index (χ4n) is 3.64. The van der Waals surface area contributed by atoms with Crippen LogP contribution in [0, 0.1) is 0 Å². The van der Waals surface area contributed by atoms with Crippen LogP contribution < -0.4 is 4.90 Å². The molecule has 2 aromatic rings. The van der Waals surface area contributed by atoms with Gasteiger partial charge >= 0.3 is 0 Å². The van der Waals surface area contributed by atoms with E-state index in [1.165, 1.54) is 22.4 Å². The van der Waals surface area contributed by atoms with Crippen LogP contribution in [0.3, 0.4) is 0 Å². The SMILES string of the molecule is CN1CCN2c3ccccc3Cc3ccccc3C2C1.[Si]. The Bertz CT molecular complexity index is 641. The van der Waals surface area contributed by atoms with E-state index in [-0.39, 0.29) is 11.0 Å². The monoisotopic (exact) mass is 292 g/mol. The van der Waals surface area contributed by atoms with Crippen LogP contribution in [0.4, 0.5) is 5.69 Å². The molecule has 0 N–H and O–H groups in total. The van der Waals surface area contributed by atoms with Gasteiger partial charge in [-0.3, -0.25) is 0 Å². The van der Waals surface area contributed by atoms with E-state index >= 15 is 0 Å². The lowest BCUT2D eigenvalue weighted by molar-refractivity contribution is 0.269. The number of rotatable bonds is 0. The molecule has 2 heterocycles. The van der Waals surface area contributed by atoms with Crippen LogP contribution >= 0.6 is 0 Å². The van der Waals surface area contributed by atoms with E-state index in [2.05, 4.69) is 65.4 Å². The van der Waals surface area contributed by atoms with Gasteiger partial charge in [-0.1, -0.05) is 42.5 Å². The van der Waals surface area contributed by atoms with Gasteiger partial charge in [-0.25, -0.2) is 0 Å². The van der Waals surface area contributed by atoms with Gasteiger partial charge in [-0.15, -0.1) is 0 Å². The van der Waals surface area contributed by atoms with Gasteiger partial charge < -0.3 is 9.80 Å². The van der Waals surface area contributed by atoms with Crippen LogP contribution in [0.15, 0.2) is 48.5 Å². The van der Waals surface area contributed by atoms with Crippen molar-refractivity contribution in [3.8, 4) is 0 Å². The third kappa shape index (κ3) is 2.41. The first-order valence-corrected chi connectivity index (χ1v) is 7.44. The first kappa shape index (κ1) is 14.4. The predicted molar refractivity (Wildman–Crippen MR) is 89.0 cm³/mol. The Hall–Kier alpha value is -1.58. The van der Waals surface area contributed by atoms with E-state index in [4.69, 9.17) is 0 Å². The molecule has 21 heavy (non-hydrogen) atoms. The fraction of sp³-hybridized carbons (Fsp3) is 0.333. The van der Waals surface area contributed by atoms with Crippen molar-refractivity contribution >= 4 is 16.7 Å². The van der Waals surface area contributed by atoms with Crippen molar-refractivity contribution in [2.24, 2.45) is 0 Å². The summed E-state index contributed by atoms with van der Waals surface area (Å²) in [6.07, 6.45) is 1.06. The van der Waals surface area contributed by atoms with Gasteiger partial charge in [0.05, 0.1) is 6.04 Å². The van der Waals surface area contributed by atoms with Gasteiger partial charge in [0, 0.05) is 36.3 Å². The summed E-state index contributed by atoms with van der Waals surface area (Å²) in [6.45, 7) is 3.38. The average molecular weight is 292 g/mol. The minimum Gasteiger partial charge on any atom is -0.362 e. The molecule has 4 rings (SSSR count). The molecule has 0 aromatic heterocycles. The second-order valence-electron chi connectivity index (χ2n) is 5.98. The Morgan fingerprint density at radius 3 is 2.48 bits per heavy atom. The first-order valence-electron chi connectivity index (χ1n) is 7.44. The summed E-state index contributed by atoms with van der Waals surface area (Å²) in [5.74, 6) is 0. The average Bonchev–Trinajstić information content (AvgIpc) is 2.61. The lowest BCUT2D eigenvalue weighted by atomic mass is 9.96. The van der Waals surface area contributed by atoms with Gasteiger partial charge in [-0.2, -0.15) is 0 Å². The zero-order valence-electron chi connectivity index (χ0n) is 12.4. The molecule has 0 saturated carbocycles. The summed E-state index contributed by atoms with van der Waals surface area (Å²) >= 11 is 0. The molecule has 2 aromatic carbocycles. The Morgan fingerprint density at radius 1 is 0.905 bits per heavy atom. The summed E-state index contributed by atoms with van der Waals surface area (Å²) in [5.41, 5.74) is 5.90. The largest absolute Gasteiger partial charge is 0.362 e. The third-order valence-electron chi connectivity index (χ3n) is 4.68. The Kier molecular flexibility index (Phi) is 3.87. The molecule has 1 unspecified atom stereocenters. The van der Waals surface area contributed by atoms with Crippen molar-refractivity contribution in [3.05, 3.63) is 65.2 Å². The molecule has 3 heteroatoms.